The summed E-state index contributed by atoms with van der Waals surface area (Å²) in [6.45, 7) is 2.03. The number of carbonyl (C=O) groups is 1. The van der Waals surface area contributed by atoms with Crippen LogP contribution in [0.5, 0.6) is 0 Å². The van der Waals surface area contributed by atoms with E-state index < -0.39 is 0 Å². The number of pyridine rings is 1. The molecule has 0 unspecified atom stereocenters. The monoisotopic (exact) mass is 353 g/mol. The van der Waals surface area contributed by atoms with Crippen molar-refractivity contribution in [2.75, 3.05) is 5.32 Å². The van der Waals surface area contributed by atoms with E-state index >= 15 is 0 Å². The Bertz CT molecular complexity index is 1090. The first-order valence-electron chi connectivity index (χ1n) is 7.34. The Kier molecular flexibility index (Phi) is 3.67. The summed E-state index contributed by atoms with van der Waals surface area (Å²) < 4.78 is 1.04. The van der Waals surface area contributed by atoms with E-state index in [9.17, 15) is 4.79 Å². The van der Waals surface area contributed by atoms with E-state index in [4.69, 9.17) is 11.6 Å². The van der Waals surface area contributed by atoms with Gasteiger partial charge in [-0.05, 0) is 36.8 Å². The number of nitrogens with zero attached hydrogens (tertiary/aromatic N) is 2. The summed E-state index contributed by atoms with van der Waals surface area (Å²) in [6, 6.07) is 15.0. The van der Waals surface area contributed by atoms with Gasteiger partial charge in [0.1, 0.15) is 5.15 Å². The summed E-state index contributed by atoms with van der Waals surface area (Å²) in [6.07, 6.45) is 0. The Morgan fingerprint density at radius 2 is 1.92 bits per heavy atom. The van der Waals surface area contributed by atoms with Gasteiger partial charge in [-0.15, -0.1) is 0 Å². The molecule has 0 spiro atoms. The van der Waals surface area contributed by atoms with E-state index in [1.807, 2.05) is 43.3 Å². The van der Waals surface area contributed by atoms with Crippen LogP contribution in [0, 0.1) is 6.92 Å². The standard InChI is InChI=1S/C18H12ClN3OS/c1-10-6-7-14-15(8-10)24-18(21-14)22-17(23)12-9-16(19)20-13-5-3-2-4-11(12)13/h2-9H,1H3,(H,21,22,23). The second-order valence-electron chi connectivity index (χ2n) is 5.45. The van der Waals surface area contributed by atoms with Gasteiger partial charge < -0.3 is 0 Å². The quantitative estimate of drug-likeness (QED) is 0.512. The Hall–Kier alpha value is -2.50. The molecular formula is C18H12ClN3OS. The lowest BCUT2D eigenvalue weighted by Gasteiger charge is -2.06. The van der Waals surface area contributed by atoms with Crippen molar-refractivity contribution in [3.63, 3.8) is 0 Å². The number of hydrogen-bond acceptors (Lipinski definition) is 4. The molecule has 4 nitrogen and oxygen atoms in total. The van der Waals surface area contributed by atoms with Crippen molar-refractivity contribution in [2.45, 2.75) is 6.92 Å². The van der Waals surface area contributed by atoms with Crippen LogP contribution in [-0.2, 0) is 0 Å². The fraction of sp³-hybridized carbons (Fsp3) is 0.0556. The highest BCUT2D eigenvalue weighted by molar-refractivity contribution is 7.22. The fourth-order valence-electron chi connectivity index (χ4n) is 2.58. The first kappa shape index (κ1) is 15.1. The number of amides is 1. The number of aromatic nitrogens is 2. The van der Waals surface area contributed by atoms with E-state index in [0.29, 0.717) is 21.4 Å². The van der Waals surface area contributed by atoms with Gasteiger partial charge >= 0.3 is 0 Å². The summed E-state index contributed by atoms with van der Waals surface area (Å²) in [5.74, 6) is -0.244. The van der Waals surface area contributed by atoms with Crippen LogP contribution in [0.4, 0.5) is 5.13 Å². The maximum absolute atomic E-state index is 12.7. The molecule has 0 radical (unpaired) electrons. The van der Waals surface area contributed by atoms with Crippen molar-refractivity contribution in [1.82, 2.24) is 9.97 Å². The summed E-state index contributed by atoms with van der Waals surface area (Å²) in [5.41, 5.74) is 3.21. The molecular weight excluding hydrogens is 342 g/mol. The molecule has 0 bridgehead atoms. The topological polar surface area (TPSA) is 54.9 Å². The molecule has 2 heterocycles. The van der Waals surface area contributed by atoms with Crippen molar-refractivity contribution in [1.29, 1.82) is 0 Å². The molecule has 4 rings (SSSR count). The minimum atomic E-state index is -0.244. The molecule has 0 saturated carbocycles. The van der Waals surface area contributed by atoms with Gasteiger partial charge in [0.25, 0.3) is 5.91 Å². The van der Waals surface area contributed by atoms with Crippen molar-refractivity contribution < 1.29 is 4.79 Å². The van der Waals surface area contributed by atoms with Gasteiger partial charge in [-0.2, -0.15) is 0 Å². The molecule has 0 aliphatic rings. The highest BCUT2D eigenvalue weighted by Gasteiger charge is 2.14. The first-order valence-corrected chi connectivity index (χ1v) is 8.53. The molecule has 1 amide bonds. The molecule has 1 N–H and O–H groups in total. The summed E-state index contributed by atoms with van der Waals surface area (Å²) >= 11 is 7.50. The molecule has 6 heteroatoms. The zero-order valence-electron chi connectivity index (χ0n) is 12.7. The van der Waals surface area contributed by atoms with Gasteiger partial charge in [0.2, 0.25) is 0 Å². The average molecular weight is 354 g/mol. The van der Waals surface area contributed by atoms with Crippen molar-refractivity contribution in [2.24, 2.45) is 0 Å². The molecule has 2 aromatic heterocycles. The predicted octanol–water partition coefficient (Wildman–Crippen LogP) is 5.06. The van der Waals surface area contributed by atoms with Gasteiger partial charge in [0, 0.05) is 5.39 Å². The van der Waals surface area contributed by atoms with Crippen LogP contribution in [0.15, 0.2) is 48.5 Å². The highest BCUT2D eigenvalue weighted by Crippen LogP contribution is 2.28. The number of carbonyl (C=O) groups excluding carboxylic acids is 1. The van der Waals surface area contributed by atoms with Crippen LogP contribution in [0.2, 0.25) is 5.15 Å². The number of rotatable bonds is 2. The van der Waals surface area contributed by atoms with Crippen LogP contribution >= 0.6 is 22.9 Å². The molecule has 4 aromatic rings. The van der Waals surface area contributed by atoms with Gasteiger partial charge in [-0.3, -0.25) is 10.1 Å². The Labute approximate surface area is 147 Å². The number of thiazole rings is 1. The third kappa shape index (κ3) is 2.72. The van der Waals surface area contributed by atoms with Crippen molar-refractivity contribution in [3.8, 4) is 0 Å². The van der Waals surface area contributed by atoms with Crippen LogP contribution < -0.4 is 5.32 Å². The van der Waals surface area contributed by atoms with E-state index in [1.165, 1.54) is 11.3 Å². The smallest absolute Gasteiger partial charge is 0.258 e. The zero-order chi connectivity index (χ0) is 16.7. The van der Waals surface area contributed by atoms with E-state index in [-0.39, 0.29) is 5.91 Å². The van der Waals surface area contributed by atoms with Gasteiger partial charge in [0.05, 0.1) is 21.3 Å². The Morgan fingerprint density at radius 1 is 1.08 bits per heavy atom. The third-order valence-corrected chi connectivity index (χ3v) is 4.82. The van der Waals surface area contributed by atoms with Crippen LogP contribution in [0.3, 0.4) is 0 Å². The van der Waals surface area contributed by atoms with Crippen molar-refractivity contribution in [3.05, 3.63) is 64.8 Å². The maximum Gasteiger partial charge on any atom is 0.258 e. The molecule has 118 valence electrons. The predicted molar refractivity (Wildman–Crippen MR) is 99.1 cm³/mol. The van der Waals surface area contributed by atoms with Gasteiger partial charge in [-0.1, -0.05) is 47.2 Å². The van der Waals surface area contributed by atoms with Crippen LogP contribution in [-0.4, -0.2) is 15.9 Å². The lowest BCUT2D eigenvalue weighted by molar-refractivity contribution is 0.102. The van der Waals surface area contributed by atoms with E-state index in [1.54, 1.807) is 6.07 Å². The molecule has 0 saturated heterocycles. The SMILES string of the molecule is Cc1ccc2nc(NC(=O)c3cc(Cl)nc4ccccc34)sc2c1. The number of halogens is 1. The fourth-order valence-corrected chi connectivity index (χ4v) is 3.74. The second-order valence-corrected chi connectivity index (χ2v) is 6.87. The molecule has 0 atom stereocenters. The van der Waals surface area contributed by atoms with E-state index in [0.717, 1.165) is 21.2 Å². The Balaban J connectivity index is 1.73. The van der Waals surface area contributed by atoms with Gasteiger partial charge in [-0.25, -0.2) is 9.97 Å². The summed E-state index contributed by atoms with van der Waals surface area (Å²) in [4.78, 5) is 21.4. The molecule has 0 aliphatic carbocycles. The lowest BCUT2D eigenvalue weighted by Crippen LogP contribution is -2.12. The molecule has 24 heavy (non-hydrogen) atoms. The summed E-state index contributed by atoms with van der Waals surface area (Å²) in [5, 5.41) is 4.49. The van der Waals surface area contributed by atoms with Gasteiger partial charge in [0.15, 0.2) is 5.13 Å². The highest BCUT2D eigenvalue weighted by atomic mass is 35.5. The lowest BCUT2D eigenvalue weighted by atomic mass is 10.1. The minimum absolute atomic E-state index is 0.244. The Morgan fingerprint density at radius 3 is 2.79 bits per heavy atom. The summed E-state index contributed by atoms with van der Waals surface area (Å²) in [7, 11) is 0. The average Bonchev–Trinajstić information content (AvgIpc) is 2.95. The number of fused-ring (bicyclic) bond motifs is 2. The largest absolute Gasteiger partial charge is 0.298 e. The molecule has 0 aliphatic heterocycles. The van der Waals surface area contributed by atoms with Crippen molar-refractivity contribution >= 4 is 55.1 Å². The number of hydrogen-bond donors (Lipinski definition) is 1. The number of aryl methyl sites for hydroxylation is 1. The normalized spacial score (nSPS) is 11.1. The number of benzene rings is 2. The zero-order valence-corrected chi connectivity index (χ0v) is 14.3. The first-order chi connectivity index (χ1) is 11.6. The van der Waals surface area contributed by atoms with E-state index in [2.05, 4.69) is 21.4 Å². The minimum Gasteiger partial charge on any atom is -0.298 e. The maximum atomic E-state index is 12.7. The molecule has 2 aromatic carbocycles. The third-order valence-electron chi connectivity index (χ3n) is 3.69. The number of nitrogens with one attached hydrogen (secondary N) is 1. The number of anilines is 1. The van der Waals surface area contributed by atoms with Crippen LogP contribution in [0.25, 0.3) is 21.1 Å². The molecule has 0 fully saturated rings. The number of para-hydroxylation sites is 1. The van der Waals surface area contributed by atoms with Crippen LogP contribution in [0.1, 0.15) is 15.9 Å². The second kappa shape index (κ2) is 5.85.